The Morgan fingerprint density at radius 2 is 2.18 bits per heavy atom. The molecule has 3 nitrogen and oxygen atoms in total. The van der Waals surface area contributed by atoms with E-state index in [-0.39, 0.29) is 5.57 Å². The van der Waals surface area contributed by atoms with E-state index >= 15 is 0 Å². The first-order valence-electron chi connectivity index (χ1n) is 3.10. The van der Waals surface area contributed by atoms with E-state index < -0.39 is 11.9 Å². The summed E-state index contributed by atoms with van der Waals surface area (Å²) in [6.45, 7) is 3.45. The topological polar surface area (TPSA) is 57.5 Å². The summed E-state index contributed by atoms with van der Waals surface area (Å²) in [7, 11) is 0. The first kappa shape index (κ1) is 7.75. The van der Waals surface area contributed by atoms with Crippen molar-refractivity contribution in [3.63, 3.8) is 0 Å². The molecule has 0 aromatic rings. The molecule has 3 heteroatoms. The van der Waals surface area contributed by atoms with Gasteiger partial charge >= 0.3 is 0 Å². The van der Waals surface area contributed by atoms with E-state index in [0.717, 1.165) is 0 Å². The van der Waals surface area contributed by atoms with Gasteiger partial charge in [-0.05, 0) is 11.6 Å². The summed E-state index contributed by atoms with van der Waals surface area (Å²) in [6, 6.07) is 0. The Kier molecular flexibility index (Phi) is 1.92. The van der Waals surface area contributed by atoms with Crippen LogP contribution in [0.4, 0.5) is 0 Å². The van der Waals surface area contributed by atoms with Crippen molar-refractivity contribution < 1.29 is 15.0 Å². The van der Waals surface area contributed by atoms with Gasteiger partial charge in [-0.1, -0.05) is 12.7 Å². The molecule has 1 atom stereocenters. The van der Waals surface area contributed by atoms with Crippen molar-refractivity contribution in [2.75, 3.05) is 0 Å². The molecule has 0 spiro atoms. The van der Waals surface area contributed by atoms with Crippen LogP contribution >= 0.6 is 0 Å². The number of Topliss-reactive ketones (excluding diaryl/α,β-unsaturated/α-hetero) is 1. The predicted octanol–water partition coefficient (Wildman–Crippen LogP) is 0.484. The van der Waals surface area contributed by atoms with E-state index in [4.69, 9.17) is 10.2 Å². The third kappa shape index (κ3) is 1.23. The van der Waals surface area contributed by atoms with Crippen molar-refractivity contribution in [3.8, 4) is 0 Å². The van der Waals surface area contributed by atoms with Crippen LogP contribution in [0.2, 0.25) is 0 Å². The van der Waals surface area contributed by atoms with Gasteiger partial charge in [-0.2, -0.15) is 0 Å². The summed E-state index contributed by atoms with van der Waals surface area (Å²) in [6.07, 6.45) is 2.39. The average Bonchev–Trinajstić information content (AvgIpc) is 2.01. The minimum atomic E-state index is -1.20. The molecular formula is C8H8O3. The lowest BCUT2D eigenvalue weighted by molar-refractivity contribution is -0.121. The first-order valence-corrected chi connectivity index (χ1v) is 3.10. The molecule has 1 rings (SSSR count). The van der Waals surface area contributed by atoms with Gasteiger partial charge in [0.25, 0.3) is 0 Å². The van der Waals surface area contributed by atoms with Crippen molar-refractivity contribution in [2.24, 2.45) is 0 Å². The molecule has 0 aliphatic heterocycles. The second kappa shape index (κ2) is 2.72. The van der Waals surface area contributed by atoms with Gasteiger partial charge in [0.05, 0.1) is 11.8 Å². The van der Waals surface area contributed by atoms with Gasteiger partial charge in [-0.3, -0.25) is 4.79 Å². The minimum absolute atomic E-state index is 0.102. The van der Waals surface area contributed by atoms with Crippen LogP contribution in [-0.4, -0.2) is 22.1 Å². The van der Waals surface area contributed by atoms with Crippen LogP contribution < -0.4 is 0 Å². The van der Waals surface area contributed by atoms with Gasteiger partial charge < -0.3 is 10.2 Å². The molecule has 0 saturated carbocycles. The maximum Gasteiger partial charge on any atom is 0.198 e. The number of hydrogen-bond donors (Lipinski definition) is 2. The van der Waals surface area contributed by atoms with E-state index in [9.17, 15) is 4.79 Å². The molecule has 58 valence electrons. The monoisotopic (exact) mass is 152 g/mol. The molecule has 1 unspecified atom stereocenters. The lowest BCUT2D eigenvalue weighted by Gasteiger charge is -2.13. The highest BCUT2D eigenvalue weighted by atomic mass is 16.3. The van der Waals surface area contributed by atoms with Crippen LogP contribution in [0, 0.1) is 0 Å². The standard InChI is InChI=1S/C8H8O3/c1-5-2-3-6(4-9)8(11)7(5)10/h2-4,7,9-10H,1H2. The van der Waals surface area contributed by atoms with Crippen molar-refractivity contribution in [1.29, 1.82) is 0 Å². The third-order valence-electron chi connectivity index (χ3n) is 1.50. The number of allylic oxidation sites excluding steroid dienone is 1. The minimum Gasteiger partial charge on any atom is -0.515 e. The number of aliphatic hydroxyl groups excluding tert-OH is 2. The Morgan fingerprint density at radius 3 is 2.73 bits per heavy atom. The first-order chi connectivity index (χ1) is 5.16. The van der Waals surface area contributed by atoms with Crippen LogP contribution in [0.1, 0.15) is 0 Å². The van der Waals surface area contributed by atoms with Gasteiger partial charge in [0.1, 0.15) is 6.10 Å². The van der Waals surface area contributed by atoms with Crippen molar-refractivity contribution >= 4 is 5.78 Å². The van der Waals surface area contributed by atoms with Gasteiger partial charge in [-0.15, -0.1) is 0 Å². The molecule has 0 radical (unpaired) electrons. The molecule has 0 aromatic heterocycles. The number of ketones is 1. The molecule has 2 N–H and O–H groups in total. The molecule has 0 bridgehead atoms. The molecule has 0 fully saturated rings. The van der Waals surface area contributed by atoms with E-state index in [1.807, 2.05) is 0 Å². The van der Waals surface area contributed by atoms with E-state index in [2.05, 4.69) is 6.58 Å². The summed E-state index contributed by atoms with van der Waals surface area (Å²) in [5.41, 5.74) is 0.450. The molecule has 0 saturated heterocycles. The molecule has 11 heavy (non-hydrogen) atoms. The highest BCUT2D eigenvalue weighted by molar-refractivity contribution is 6.04. The fourth-order valence-corrected chi connectivity index (χ4v) is 0.803. The highest BCUT2D eigenvalue weighted by Crippen LogP contribution is 2.15. The van der Waals surface area contributed by atoms with E-state index in [1.165, 1.54) is 12.2 Å². The zero-order chi connectivity index (χ0) is 8.43. The number of hydrogen-bond acceptors (Lipinski definition) is 3. The van der Waals surface area contributed by atoms with Gasteiger partial charge in [0, 0.05) is 0 Å². The number of carbonyl (C=O) groups excluding carboxylic acids is 1. The molecule has 0 amide bonds. The van der Waals surface area contributed by atoms with Crippen LogP contribution in [-0.2, 0) is 4.79 Å². The Balaban J connectivity index is 3.04. The maximum absolute atomic E-state index is 11.0. The number of rotatable bonds is 0. The Labute approximate surface area is 64.0 Å². The largest absolute Gasteiger partial charge is 0.515 e. The van der Waals surface area contributed by atoms with Crippen molar-refractivity contribution in [1.82, 2.24) is 0 Å². The van der Waals surface area contributed by atoms with Gasteiger partial charge in [-0.25, -0.2) is 0 Å². The van der Waals surface area contributed by atoms with Crippen LogP contribution in [0.5, 0.6) is 0 Å². The van der Waals surface area contributed by atoms with Crippen molar-refractivity contribution in [2.45, 2.75) is 6.10 Å². The van der Waals surface area contributed by atoms with E-state index in [0.29, 0.717) is 11.8 Å². The van der Waals surface area contributed by atoms with Crippen LogP contribution in [0.25, 0.3) is 0 Å². The van der Waals surface area contributed by atoms with E-state index in [1.54, 1.807) is 0 Å². The zero-order valence-corrected chi connectivity index (χ0v) is 5.82. The quantitative estimate of drug-likeness (QED) is 0.392. The number of carbonyl (C=O) groups is 1. The Bertz CT molecular complexity index is 261. The second-order valence-corrected chi connectivity index (χ2v) is 2.26. The number of aliphatic hydroxyl groups is 2. The molecule has 0 aromatic carbocycles. The zero-order valence-electron chi connectivity index (χ0n) is 5.82. The lowest BCUT2D eigenvalue weighted by Crippen LogP contribution is -2.25. The molecular weight excluding hydrogens is 144 g/mol. The SMILES string of the molecule is C=C1C=CC(=CO)C(=O)C1O. The summed E-state index contributed by atoms with van der Waals surface area (Å²) in [5.74, 6) is -0.514. The fourth-order valence-electron chi connectivity index (χ4n) is 0.803. The summed E-state index contributed by atoms with van der Waals surface area (Å²) in [5, 5.41) is 17.6. The molecule has 0 heterocycles. The lowest BCUT2D eigenvalue weighted by atomic mass is 9.95. The Hall–Kier alpha value is -1.35. The fraction of sp³-hybridized carbons (Fsp3) is 0.125. The summed E-state index contributed by atoms with van der Waals surface area (Å²) in [4.78, 5) is 11.0. The van der Waals surface area contributed by atoms with Crippen LogP contribution in [0.15, 0.2) is 36.1 Å². The summed E-state index contributed by atoms with van der Waals surface area (Å²) >= 11 is 0. The predicted molar refractivity (Wildman–Crippen MR) is 40.0 cm³/mol. The van der Waals surface area contributed by atoms with Gasteiger partial charge in [0.2, 0.25) is 0 Å². The maximum atomic E-state index is 11.0. The smallest absolute Gasteiger partial charge is 0.198 e. The molecule has 1 aliphatic carbocycles. The molecule has 1 aliphatic rings. The second-order valence-electron chi connectivity index (χ2n) is 2.26. The highest BCUT2D eigenvalue weighted by Gasteiger charge is 2.23. The van der Waals surface area contributed by atoms with Gasteiger partial charge in [0.15, 0.2) is 5.78 Å². The average molecular weight is 152 g/mol. The third-order valence-corrected chi connectivity index (χ3v) is 1.50. The summed E-state index contributed by atoms with van der Waals surface area (Å²) < 4.78 is 0. The van der Waals surface area contributed by atoms with Crippen LogP contribution in [0.3, 0.4) is 0 Å². The normalized spacial score (nSPS) is 28.1. The Morgan fingerprint density at radius 1 is 1.55 bits per heavy atom. The van der Waals surface area contributed by atoms with Crippen molar-refractivity contribution in [3.05, 3.63) is 36.1 Å².